The number of fused-ring (bicyclic) bond motifs is 1. The van der Waals surface area contributed by atoms with Crippen molar-refractivity contribution < 1.29 is 19.4 Å². The summed E-state index contributed by atoms with van der Waals surface area (Å²) in [6.45, 7) is 0.599. The second-order valence-corrected chi connectivity index (χ2v) is 7.30. The van der Waals surface area contributed by atoms with Crippen LogP contribution in [0.2, 0.25) is 0 Å². The fourth-order valence-corrected chi connectivity index (χ4v) is 4.04. The van der Waals surface area contributed by atoms with Gasteiger partial charge in [-0.25, -0.2) is 4.68 Å². The van der Waals surface area contributed by atoms with Crippen LogP contribution in [0.5, 0.6) is 17.2 Å². The molecule has 7 nitrogen and oxygen atoms in total. The van der Waals surface area contributed by atoms with Crippen LogP contribution < -0.4 is 14.8 Å². The number of hydrogen-bond acceptors (Lipinski definition) is 6. The number of ether oxygens (including phenoxy) is 2. The van der Waals surface area contributed by atoms with E-state index in [0.29, 0.717) is 23.9 Å². The average Bonchev–Trinajstić information content (AvgIpc) is 3.32. The van der Waals surface area contributed by atoms with Crippen molar-refractivity contribution in [2.45, 2.75) is 18.9 Å². The number of methoxy groups -OCH3 is 2. The third kappa shape index (κ3) is 3.12. The number of phenols is 1. The van der Waals surface area contributed by atoms with Crippen molar-refractivity contribution in [2.75, 3.05) is 19.5 Å². The lowest BCUT2D eigenvalue weighted by Crippen LogP contribution is -2.25. The van der Waals surface area contributed by atoms with Gasteiger partial charge in [-0.2, -0.15) is 5.10 Å². The van der Waals surface area contributed by atoms with E-state index in [1.54, 1.807) is 34.3 Å². The van der Waals surface area contributed by atoms with Crippen molar-refractivity contribution in [1.29, 1.82) is 0 Å². The largest absolute Gasteiger partial charge is 0.502 e. The van der Waals surface area contributed by atoms with Crippen LogP contribution in [-0.4, -0.2) is 35.0 Å². The van der Waals surface area contributed by atoms with Crippen molar-refractivity contribution in [3.05, 3.63) is 51.8 Å². The lowest BCUT2D eigenvalue weighted by atomic mass is 9.87. The Labute approximate surface area is 160 Å². The van der Waals surface area contributed by atoms with Gasteiger partial charge < -0.3 is 19.9 Å². The fraction of sp³-hybridized carbons (Fsp3) is 0.263. The van der Waals surface area contributed by atoms with Crippen LogP contribution in [0.4, 0.5) is 5.82 Å². The standard InChI is InChI=1S/C19H19N3O4S/c1-25-15-6-11(7-16(26-2)18(15)24)13-8-17(23)21-19-14(13)9-20-22(19)10-12-4-3-5-27-12/h3-7,9,13,24H,8,10H2,1-2H3,(H,21,23)/t13-/m1/s1. The van der Waals surface area contributed by atoms with E-state index in [1.807, 2.05) is 17.5 Å². The molecule has 8 heteroatoms. The molecule has 3 heterocycles. The zero-order valence-corrected chi connectivity index (χ0v) is 15.7. The summed E-state index contributed by atoms with van der Waals surface area (Å²) in [5.74, 6) is 0.986. The number of nitrogens with zero attached hydrogens (tertiary/aromatic N) is 2. The van der Waals surface area contributed by atoms with E-state index in [2.05, 4.69) is 10.4 Å². The molecule has 1 atom stereocenters. The minimum Gasteiger partial charge on any atom is -0.502 e. The predicted octanol–water partition coefficient (Wildman–Crippen LogP) is 3.19. The molecule has 0 radical (unpaired) electrons. The molecule has 0 fully saturated rings. The highest BCUT2D eigenvalue weighted by molar-refractivity contribution is 7.09. The maximum absolute atomic E-state index is 12.4. The van der Waals surface area contributed by atoms with Gasteiger partial charge in [-0.05, 0) is 29.1 Å². The van der Waals surface area contributed by atoms with Crippen LogP contribution >= 0.6 is 11.3 Å². The number of anilines is 1. The van der Waals surface area contributed by atoms with Crippen LogP contribution in [0, 0.1) is 0 Å². The number of phenolic OH excluding ortho intramolecular Hbond substituents is 1. The van der Waals surface area contributed by atoms with E-state index >= 15 is 0 Å². The molecule has 2 aromatic heterocycles. The first-order valence-corrected chi connectivity index (χ1v) is 9.31. The number of nitrogens with one attached hydrogen (secondary N) is 1. The molecule has 1 aliphatic rings. The monoisotopic (exact) mass is 385 g/mol. The van der Waals surface area contributed by atoms with Crippen molar-refractivity contribution >= 4 is 23.1 Å². The molecule has 4 rings (SSSR count). The first-order valence-electron chi connectivity index (χ1n) is 8.43. The van der Waals surface area contributed by atoms with Gasteiger partial charge in [-0.15, -0.1) is 11.3 Å². The molecule has 0 saturated carbocycles. The smallest absolute Gasteiger partial charge is 0.226 e. The van der Waals surface area contributed by atoms with E-state index in [-0.39, 0.29) is 24.0 Å². The lowest BCUT2D eigenvalue weighted by Gasteiger charge is -2.24. The molecule has 0 bridgehead atoms. The number of amides is 1. The minimum atomic E-state index is -0.200. The number of benzene rings is 1. The second-order valence-electron chi connectivity index (χ2n) is 6.26. The number of thiophene rings is 1. The summed E-state index contributed by atoms with van der Waals surface area (Å²) >= 11 is 1.65. The third-order valence-corrected chi connectivity index (χ3v) is 5.54. The maximum atomic E-state index is 12.4. The Kier molecular flexibility index (Phi) is 4.49. The lowest BCUT2D eigenvalue weighted by molar-refractivity contribution is -0.116. The van der Waals surface area contributed by atoms with Crippen LogP contribution in [0.1, 0.15) is 28.3 Å². The van der Waals surface area contributed by atoms with Crippen molar-refractivity contribution in [3.8, 4) is 17.2 Å². The summed E-state index contributed by atoms with van der Waals surface area (Å²) < 4.78 is 12.3. The van der Waals surface area contributed by atoms with E-state index in [0.717, 1.165) is 16.0 Å². The van der Waals surface area contributed by atoms with E-state index in [1.165, 1.54) is 14.2 Å². The molecule has 1 amide bonds. The molecule has 27 heavy (non-hydrogen) atoms. The molecular weight excluding hydrogens is 366 g/mol. The van der Waals surface area contributed by atoms with Crippen molar-refractivity contribution in [1.82, 2.24) is 9.78 Å². The topological polar surface area (TPSA) is 85.6 Å². The zero-order chi connectivity index (χ0) is 19.0. The molecule has 0 spiro atoms. The van der Waals surface area contributed by atoms with Gasteiger partial charge in [0.25, 0.3) is 0 Å². The Morgan fingerprint density at radius 1 is 1.33 bits per heavy atom. The quantitative estimate of drug-likeness (QED) is 0.705. The predicted molar refractivity (Wildman–Crippen MR) is 102 cm³/mol. The van der Waals surface area contributed by atoms with Crippen LogP contribution in [0.3, 0.4) is 0 Å². The van der Waals surface area contributed by atoms with Crippen LogP contribution in [0.15, 0.2) is 35.8 Å². The van der Waals surface area contributed by atoms with Gasteiger partial charge >= 0.3 is 0 Å². The summed E-state index contributed by atoms with van der Waals surface area (Å²) in [7, 11) is 2.96. The van der Waals surface area contributed by atoms with Crippen molar-refractivity contribution in [3.63, 3.8) is 0 Å². The Bertz CT molecular complexity index is 956. The van der Waals surface area contributed by atoms with Gasteiger partial charge in [0.05, 0.1) is 27.0 Å². The number of hydrogen-bond donors (Lipinski definition) is 2. The van der Waals surface area contributed by atoms with Gasteiger partial charge in [0.1, 0.15) is 5.82 Å². The van der Waals surface area contributed by atoms with Crippen molar-refractivity contribution in [2.24, 2.45) is 0 Å². The van der Waals surface area contributed by atoms with Crippen LogP contribution in [-0.2, 0) is 11.3 Å². The molecule has 2 N–H and O–H groups in total. The van der Waals surface area contributed by atoms with E-state index in [4.69, 9.17) is 9.47 Å². The fourth-order valence-electron chi connectivity index (χ4n) is 3.35. The average molecular weight is 385 g/mol. The Balaban J connectivity index is 1.76. The number of aromatic nitrogens is 2. The molecule has 0 unspecified atom stereocenters. The van der Waals surface area contributed by atoms with E-state index < -0.39 is 0 Å². The Morgan fingerprint density at radius 2 is 2.07 bits per heavy atom. The second kappa shape index (κ2) is 6.96. The van der Waals surface area contributed by atoms with Gasteiger partial charge in [0.2, 0.25) is 11.7 Å². The highest BCUT2D eigenvalue weighted by atomic mass is 32.1. The number of carbonyl (C=O) groups is 1. The zero-order valence-electron chi connectivity index (χ0n) is 14.9. The summed E-state index contributed by atoms with van der Waals surface area (Å²) in [6, 6.07) is 7.51. The summed E-state index contributed by atoms with van der Waals surface area (Å²) in [5.41, 5.74) is 1.76. The minimum absolute atomic E-state index is 0.0578. The normalized spacial score (nSPS) is 15.9. The highest BCUT2D eigenvalue weighted by Crippen LogP contribution is 2.44. The Hall–Kier alpha value is -3.00. The molecule has 140 valence electrons. The van der Waals surface area contributed by atoms with Gasteiger partial charge in [-0.1, -0.05) is 6.07 Å². The van der Waals surface area contributed by atoms with Gasteiger partial charge in [-0.3, -0.25) is 4.79 Å². The highest BCUT2D eigenvalue weighted by Gasteiger charge is 2.31. The number of rotatable bonds is 5. The molecule has 0 aliphatic carbocycles. The molecule has 1 aliphatic heterocycles. The molecule has 1 aromatic carbocycles. The maximum Gasteiger partial charge on any atom is 0.226 e. The van der Waals surface area contributed by atoms with E-state index in [9.17, 15) is 9.90 Å². The first-order chi connectivity index (χ1) is 13.1. The molecule has 0 saturated heterocycles. The first kappa shape index (κ1) is 17.4. The molecule has 3 aromatic rings. The van der Waals surface area contributed by atoms with Gasteiger partial charge in [0.15, 0.2) is 11.5 Å². The summed E-state index contributed by atoms with van der Waals surface area (Å²) in [6.07, 6.45) is 2.08. The summed E-state index contributed by atoms with van der Waals surface area (Å²) in [5, 5.41) is 19.6. The third-order valence-electron chi connectivity index (χ3n) is 4.68. The Morgan fingerprint density at radius 3 is 2.70 bits per heavy atom. The molecular formula is C19H19N3O4S. The summed E-state index contributed by atoms with van der Waals surface area (Å²) in [4.78, 5) is 13.5. The SMILES string of the molecule is COc1cc([C@H]2CC(=O)Nc3c2cnn3Cc2cccs2)cc(OC)c1O. The number of carbonyl (C=O) groups excluding carboxylic acids is 1. The number of aromatic hydroxyl groups is 1. The van der Waals surface area contributed by atoms with Crippen LogP contribution in [0.25, 0.3) is 0 Å². The van der Waals surface area contributed by atoms with Gasteiger partial charge in [0, 0.05) is 22.8 Å².